The molecule has 2 atom stereocenters. The van der Waals surface area contributed by atoms with Crippen LogP contribution in [0.3, 0.4) is 0 Å². The highest BCUT2D eigenvalue weighted by atomic mass is 16.5. The zero-order valence-electron chi connectivity index (χ0n) is 10.3. The fraction of sp³-hybridized carbons (Fsp3) is 0.538. The third-order valence-electron chi connectivity index (χ3n) is 3.42. The van der Waals surface area contributed by atoms with Crippen LogP contribution in [0.1, 0.15) is 19.0 Å². The summed E-state index contributed by atoms with van der Waals surface area (Å²) in [5.41, 5.74) is 1.53. The predicted molar refractivity (Wildman–Crippen MR) is 65.7 cm³/mol. The molecule has 0 aromatic carbocycles. The molecular formula is C13H17N3O. The summed E-state index contributed by atoms with van der Waals surface area (Å²) >= 11 is 0. The van der Waals surface area contributed by atoms with E-state index in [9.17, 15) is 0 Å². The summed E-state index contributed by atoms with van der Waals surface area (Å²) in [7, 11) is 1.77. The van der Waals surface area contributed by atoms with Crippen LogP contribution in [0.5, 0.6) is 0 Å². The van der Waals surface area contributed by atoms with E-state index >= 15 is 0 Å². The van der Waals surface area contributed by atoms with E-state index in [-0.39, 0.29) is 6.10 Å². The minimum absolute atomic E-state index is 0.277. The number of methoxy groups -OCH3 is 1. The average molecular weight is 231 g/mol. The number of aromatic nitrogens is 1. The van der Waals surface area contributed by atoms with Crippen molar-refractivity contribution in [1.82, 2.24) is 4.98 Å². The highest BCUT2D eigenvalue weighted by Gasteiger charge is 2.26. The Morgan fingerprint density at radius 2 is 2.35 bits per heavy atom. The van der Waals surface area contributed by atoms with Crippen molar-refractivity contribution in [3.63, 3.8) is 0 Å². The van der Waals surface area contributed by atoms with Gasteiger partial charge < -0.3 is 9.64 Å². The Morgan fingerprint density at radius 1 is 1.53 bits per heavy atom. The summed E-state index contributed by atoms with van der Waals surface area (Å²) in [6, 6.07) is 5.74. The van der Waals surface area contributed by atoms with E-state index < -0.39 is 0 Å². The minimum atomic E-state index is 0.277. The summed E-state index contributed by atoms with van der Waals surface area (Å²) in [6.45, 7) is 4.14. The summed E-state index contributed by atoms with van der Waals surface area (Å²) in [6.07, 6.45) is 3.17. The largest absolute Gasteiger partial charge is 0.379 e. The zero-order valence-corrected chi connectivity index (χ0v) is 10.3. The van der Waals surface area contributed by atoms with Crippen LogP contribution in [0.15, 0.2) is 18.3 Å². The summed E-state index contributed by atoms with van der Waals surface area (Å²) in [5.74, 6) is 0.600. The van der Waals surface area contributed by atoms with Gasteiger partial charge in [0.05, 0.1) is 18.0 Å². The van der Waals surface area contributed by atoms with Crippen LogP contribution >= 0.6 is 0 Å². The first kappa shape index (κ1) is 11.9. The molecule has 1 fully saturated rings. The van der Waals surface area contributed by atoms with E-state index in [2.05, 4.69) is 16.8 Å². The van der Waals surface area contributed by atoms with Gasteiger partial charge in [-0.2, -0.15) is 5.26 Å². The lowest BCUT2D eigenvalue weighted by molar-refractivity contribution is 0.0498. The van der Waals surface area contributed by atoms with Gasteiger partial charge in [-0.3, -0.25) is 0 Å². The first-order valence-electron chi connectivity index (χ1n) is 5.88. The molecule has 0 spiro atoms. The Morgan fingerprint density at radius 3 is 2.94 bits per heavy atom. The van der Waals surface area contributed by atoms with E-state index in [4.69, 9.17) is 10.00 Å². The SMILES string of the molecule is COC1CN(c2ccc(C#N)nc2)CCC1C. The number of hydrogen-bond acceptors (Lipinski definition) is 4. The third-order valence-corrected chi connectivity index (χ3v) is 3.42. The first-order chi connectivity index (χ1) is 8.24. The molecule has 0 amide bonds. The first-order valence-corrected chi connectivity index (χ1v) is 5.88. The van der Waals surface area contributed by atoms with Crippen LogP contribution in [0.25, 0.3) is 0 Å². The van der Waals surface area contributed by atoms with Crippen molar-refractivity contribution >= 4 is 5.69 Å². The molecule has 2 rings (SSSR count). The van der Waals surface area contributed by atoms with Crippen LogP contribution in [-0.4, -0.2) is 31.3 Å². The van der Waals surface area contributed by atoms with Crippen molar-refractivity contribution in [3.05, 3.63) is 24.0 Å². The fourth-order valence-electron chi connectivity index (χ4n) is 2.21. The van der Waals surface area contributed by atoms with Crippen LogP contribution in [0, 0.1) is 17.2 Å². The number of piperidine rings is 1. The third kappa shape index (κ3) is 2.56. The second-order valence-electron chi connectivity index (χ2n) is 4.50. The van der Waals surface area contributed by atoms with Crippen molar-refractivity contribution in [3.8, 4) is 6.07 Å². The molecular weight excluding hydrogens is 214 g/mol. The molecule has 1 saturated heterocycles. The predicted octanol–water partition coefficient (Wildman–Crippen LogP) is 1.81. The van der Waals surface area contributed by atoms with Crippen LogP contribution in [-0.2, 0) is 4.74 Å². The Hall–Kier alpha value is -1.60. The maximum atomic E-state index is 8.71. The number of nitriles is 1. The van der Waals surface area contributed by atoms with Gasteiger partial charge in [0.1, 0.15) is 11.8 Å². The summed E-state index contributed by atoms with van der Waals surface area (Å²) in [5, 5.41) is 8.71. The Balaban J connectivity index is 2.09. The average Bonchev–Trinajstić information content (AvgIpc) is 2.39. The van der Waals surface area contributed by atoms with Gasteiger partial charge in [-0.15, -0.1) is 0 Å². The maximum Gasteiger partial charge on any atom is 0.140 e. The molecule has 1 aromatic heterocycles. The van der Waals surface area contributed by atoms with Crippen molar-refractivity contribution < 1.29 is 4.74 Å². The number of nitrogens with zero attached hydrogens (tertiary/aromatic N) is 3. The van der Waals surface area contributed by atoms with Gasteiger partial charge in [0.25, 0.3) is 0 Å². The lowest BCUT2D eigenvalue weighted by Crippen LogP contribution is -2.43. The van der Waals surface area contributed by atoms with E-state index in [0.717, 1.165) is 25.2 Å². The molecule has 2 heterocycles. The van der Waals surface area contributed by atoms with E-state index in [1.165, 1.54) is 0 Å². The van der Waals surface area contributed by atoms with E-state index in [1.54, 1.807) is 19.4 Å². The molecule has 4 heteroatoms. The highest BCUT2D eigenvalue weighted by Crippen LogP contribution is 2.24. The zero-order chi connectivity index (χ0) is 12.3. The van der Waals surface area contributed by atoms with Crippen LogP contribution in [0.4, 0.5) is 5.69 Å². The number of rotatable bonds is 2. The van der Waals surface area contributed by atoms with Crippen molar-refractivity contribution in [2.45, 2.75) is 19.4 Å². The second-order valence-corrected chi connectivity index (χ2v) is 4.50. The quantitative estimate of drug-likeness (QED) is 0.779. The van der Waals surface area contributed by atoms with Crippen LogP contribution in [0.2, 0.25) is 0 Å². The van der Waals surface area contributed by atoms with Crippen molar-refractivity contribution in [1.29, 1.82) is 5.26 Å². The Bertz CT molecular complexity index is 410. The molecule has 0 aliphatic carbocycles. The van der Waals surface area contributed by atoms with Crippen molar-refractivity contribution in [2.75, 3.05) is 25.1 Å². The van der Waals surface area contributed by atoms with Gasteiger partial charge in [0.15, 0.2) is 0 Å². The minimum Gasteiger partial charge on any atom is -0.379 e. The standard InChI is InChI=1S/C13H17N3O/c1-10-5-6-16(9-13(10)17-2)12-4-3-11(7-14)15-8-12/h3-4,8,10,13H,5-6,9H2,1-2H3. The summed E-state index contributed by atoms with van der Waals surface area (Å²) < 4.78 is 5.49. The molecule has 2 unspecified atom stereocenters. The van der Waals surface area contributed by atoms with E-state index in [1.807, 2.05) is 12.1 Å². The number of anilines is 1. The number of ether oxygens (including phenoxy) is 1. The van der Waals surface area contributed by atoms with Gasteiger partial charge in [-0.1, -0.05) is 6.92 Å². The lowest BCUT2D eigenvalue weighted by Gasteiger charge is -2.37. The molecule has 1 aliphatic rings. The van der Waals surface area contributed by atoms with Gasteiger partial charge >= 0.3 is 0 Å². The van der Waals surface area contributed by atoms with Gasteiger partial charge in [0, 0.05) is 20.2 Å². The topological polar surface area (TPSA) is 49.1 Å². The van der Waals surface area contributed by atoms with Gasteiger partial charge in [0.2, 0.25) is 0 Å². The molecule has 0 saturated carbocycles. The maximum absolute atomic E-state index is 8.71. The number of pyridine rings is 1. The summed E-state index contributed by atoms with van der Waals surface area (Å²) in [4.78, 5) is 6.36. The fourth-order valence-corrected chi connectivity index (χ4v) is 2.21. The molecule has 0 N–H and O–H groups in total. The normalized spacial score (nSPS) is 24.4. The van der Waals surface area contributed by atoms with E-state index in [0.29, 0.717) is 11.6 Å². The molecule has 17 heavy (non-hydrogen) atoms. The Kier molecular flexibility index (Phi) is 3.60. The molecule has 1 aliphatic heterocycles. The second kappa shape index (κ2) is 5.15. The molecule has 90 valence electrons. The monoisotopic (exact) mass is 231 g/mol. The Labute approximate surface area is 102 Å². The highest BCUT2D eigenvalue weighted by molar-refractivity contribution is 5.46. The molecule has 0 radical (unpaired) electrons. The lowest BCUT2D eigenvalue weighted by atomic mass is 9.95. The van der Waals surface area contributed by atoms with Crippen LogP contribution < -0.4 is 4.90 Å². The van der Waals surface area contributed by atoms with Gasteiger partial charge in [-0.25, -0.2) is 4.98 Å². The van der Waals surface area contributed by atoms with Crippen molar-refractivity contribution in [2.24, 2.45) is 5.92 Å². The number of hydrogen-bond donors (Lipinski definition) is 0. The molecule has 0 bridgehead atoms. The molecule has 1 aromatic rings. The smallest absolute Gasteiger partial charge is 0.140 e. The molecule has 4 nitrogen and oxygen atoms in total. The van der Waals surface area contributed by atoms with Gasteiger partial charge in [-0.05, 0) is 24.5 Å².